The van der Waals surface area contributed by atoms with Gasteiger partial charge in [-0.2, -0.15) is 5.10 Å². The molecule has 4 heterocycles. The van der Waals surface area contributed by atoms with Crippen molar-refractivity contribution in [1.29, 1.82) is 0 Å². The fourth-order valence-corrected chi connectivity index (χ4v) is 5.56. The molecule has 9 heteroatoms. The summed E-state index contributed by atoms with van der Waals surface area (Å²) in [6, 6.07) is 5.36. The summed E-state index contributed by atoms with van der Waals surface area (Å²) in [5.74, 6) is -0.128. The van der Waals surface area contributed by atoms with E-state index in [4.69, 9.17) is 4.74 Å². The molecule has 2 aromatic heterocycles. The second-order valence-corrected chi connectivity index (χ2v) is 11.6. The summed E-state index contributed by atoms with van der Waals surface area (Å²) in [6.07, 6.45) is 9.24. The molecule has 1 saturated carbocycles. The smallest absolute Gasteiger partial charge is 0.410 e. The van der Waals surface area contributed by atoms with Gasteiger partial charge in [0.15, 0.2) is 17.4 Å². The Morgan fingerprint density at radius 3 is 2.76 bits per heavy atom. The molecule has 1 amide bonds. The van der Waals surface area contributed by atoms with E-state index >= 15 is 4.39 Å². The van der Waals surface area contributed by atoms with Crippen LogP contribution in [0.2, 0.25) is 0 Å². The number of hydrogen-bond acceptors (Lipinski definition) is 5. The first-order valence-electron chi connectivity index (χ1n) is 12.9. The number of hydrogen-bond donors (Lipinski definition) is 0. The Balaban J connectivity index is 1.25. The predicted molar refractivity (Wildman–Crippen MR) is 137 cm³/mol. The summed E-state index contributed by atoms with van der Waals surface area (Å²) in [6.45, 7) is 10.2. The Bertz CT molecular complexity index is 1600. The van der Waals surface area contributed by atoms with Crippen LogP contribution in [0.4, 0.5) is 9.18 Å². The van der Waals surface area contributed by atoms with E-state index in [0.29, 0.717) is 23.2 Å². The lowest BCUT2D eigenvalue weighted by Gasteiger charge is -2.39. The van der Waals surface area contributed by atoms with E-state index in [9.17, 15) is 4.79 Å². The van der Waals surface area contributed by atoms with E-state index in [1.54, 1.807) is 9.20 Å². The Labute approximate surface area is 214 Å². The van der Waals surface area contributed by atoms with Crippen LogP contribution in [0.15, 0.2) is 29.5 Å². The molecule has 2 aliphatic heterocycles. The van der Waals surface area contributed by atoms with E-state index in [2.05, 4.69) is 21.4 Å². The molecule has 0 N–H and O–H groups in total. The molecule has 37 heavy (non-hydrogen) atoms. The van der Waals surface area contributed by atoms with E-state index in [0.717, 1.165) is 47.8 Å². The molecule has 1 saturated heterocycles. The molecular weight excluding hydrogens is 471 g/mol. The third-order valence-electron chi connectivity index (χ3n) is 7.38. The minimum absolute atomic E-state index is 0.124. The first-order valence-corrected chi connectivity index (χ1v) is 12.9. The molecular formula is C28H32FN6O2+. The maximum atomic E-state index is 15.1. The Morgan fingerprint density at radius 2 is 2.03 bits per heavy atom. The standard InChI is InChI=1S/C28H32FN6O2/c1-17-14-35-24(18(2)30-17)12-23(31-35)20-10-21-16-33(32-25(21)22(29)11-20)15-19-6-9-34(28(13-19)7-8-28)26(36)37-27(3,4)5/h10-12,14-16,19H,6-9,13H2,1-5H3/q+1/b33-15+. The zero-order valence-corrected chi connectivity index (χ0v) is 22.0. The fraction of sp³-hybridized carbons (Fsp3) is 0.464. The summed E-state index contributed by atoms with van der Waals surface area (Å²) < 4.78 is 24.3. The summed E-state index contributed by atoms with van der Waals surface area (Å²) in [5.41, 5.74) is 3.42. The van der Waals surface area contributed by atoms with Gasteiger partial charge in [-0.15, -0.1) is 0 Å². The minimum Gasteiger partial charge on any atom is -0.444 e. The molecule has 192 valence electrons. The highest BCUT2D eigenvalue weighted by atomic mass is 19.1. The molecule has 1 aromatic carbocycles. The topological polar surface area (TPSA) is 75.1 Å². The van der Waals surface area contributed by atoms with Gasteiger partial charge in [0.25, 0.3) is 0 Å². The molecule has 1 aliphatic carbocycles. The van der Waals surface area contributed by atoms with Gasteiger partial charge >= 0.3 is 6.09 Å². The third-order valence-corrected chi connectivity index (χ3v) is 7.38. The first-order chi connectivity index (χ1) is 17.5. The second kappa shape index (κ2) is 8.19. The number of nitrogens with zero attached hydrogens (tertiary/aromatic N) is 6. The van der Waals surface area contributed by atoms with Gasteiger partial charge in [-0.3, -0.25) is 4.98 Å². The SMILES string of the molecule is Cc1cn2nc(-c3cc(F)c4c(c3)=C/[N+](=C\C3CCN(C(=O)OC(C)(C)C)C5(CC5)C3)N=4)cc2c(C)n1. The van der Waals surface area contributed by atoms with Crippen LogP contribution >= 0.6 is 0 Å². The zero-order chi connectivity index (χ0) is 26.1. The molecule has 1 atom stereocenters. The third kappa shape index (κ3) is 4.40. The van der Waals surface area contributed by atoms with Crippen LogP contribution in [-0.2, 0) is 4.74 Å². The lowest BCUT2D eigenvalue weighted by Crippen LogP contribution is -2.50. The highest BCUT2D eigenvalue weighted by Crippen LogP contribution is 2.50. The number of rotatable bonds is 2. The number of fused-ring (bicyclic) bond motifs is 2. The Kier molecular flexibility index (Phi) is 5.26. The van der Waals surface area contributed by atoms with Crippen LogP contribution in [0, 0.1) is 25.6 Å². The number of halogens is 1. The van der Waals surface area contributed by atoms with Crippen LogP contribution in [0.25, 0.3) is 23.0 Å². The van der Waals surface area contributed by atoms with Crippen LogP contribution in [-0.4, -0.2) is 54.2 Å². The van der Waals surface area contributed by atoms with E-state index in [1.807, 2.05) is 64.0 Å². The maximum absolute atomic E-state index is 15.1. The Hall–Kier alpha value is -3.62. The van der Waals surface area contributed by atoms with Crippen molar-refractivity contribution in [1.82, 2.24) is 19.5 Å². The van der Waals surface area contributed by atoms with Gasteiger partial charge in [0.2, 0.25) is 6.20 Å². The lowest BCUT2D eigenvalue weighted by molar-refractivity contribution is -0.424. The lowest BCUT2D eigenvalue weighted by atomic mass is 9.90. The molecule has 2 fully saturated rings. The Morgan fingerprint density at radius 1 is 1.24 bits per heavy atom. The van der Waals surface area contributed by atoms with Gasteiger partial charge in [-0.25, -0.2) is 13.7 Å². The van der Waals surface area contributed by atoms with Crippen molar-refractivity contribution in [2.45, 2.75) is 71.4 Å². The number of likely N-dealkylation sites (tertiary alicyclic amines) is 1. The summed E-state index contributed by atoms with van der Waals surface area (Å²) in [7, 11) is 0. The van der Waals surface area contributed by atoms with Gasteiger partial charge in [0.05, 0.1) is 34.0 Å². The van der Waals surface area contributed by atoms with Crippen molar-refractivity contribution in [3.05, 3.63) is 52.2 Å². The van der Waals surface area contributed by atoms with Crippen LogP contribution in [0.3, 0.4) is 0 Å². The number of aryl methyl sites for hydroxylation is 2. The maximum Gasteiger partial charge on any atom is 0.410 e. The summed E-state index contributed by atoms with van der Waals surface area (Å²) >= 11 is 0. The first kappa shape index (κ1) is 23.8. The molecule has 6 rings (SSSR count). The predicted octanol–water partition coefficient (Wildman–Crippen LogP) is 3.70. The molecule has 0 bridgehead atoms. The number of carbonyl (C=O) groups is 1. The largest absolute Gasteiger partial charge is 0.444 e. The van der Waals surface area contributed by atoms with Crippen molar-refractivity contribution in [3.63, 3.8) is 0 Å². The molecule has 1 spiro atoms. The average Bonchev–Trinajstić information content (AvgIpc) is 3.22. The van der Waals surface area contributed by atoms with Crippen LogP contribution in [0.5, 0.6) is 0 Å². The highest BCUT2D eigenvalue weighted by molar-refractivity contribution is 5.71. The average molecular weight is 504 g/mol. The number of amides is 1. The van der Waals surface area contributed by atoms with E-state index in [-0.39, 0.29) is 23.4 Å². The summed E-state index contributed by atoms with van der Waals surface area (Å²) in [4.78, 5) is 19.2. The molecule has 1 unspecified atom stereocenters. The number of carbonyl (C=O) groups excluding carboxylic acids is 1. The second-order valence-electron chi connectivity index (χ2n) is 11.6. The van der Waals surface area contributed by atoms with Crippen molar-refractivity contribution >= 4 is 24.0 Å². The van der Waals surface area contributed by atoms with Gasteiger partial charge in [-0.1, -0.05) is 4.68 Å². The number of aromatic nitrogens is 3. The van der Waals surface area contributed by atoms with Crippen molar-refractivity contribution in [3.8, 4) is 11.3 Å². The molecule has 8 nitrogen and oxygen atoms in total. The molecule has 3 aromatic rings. The monoisotopic (exact) mass is 503 g/mol. The van der Waals surface area contributed by atoms with Gasteiger partial charge in [0.1, 0.15) is 5.60 Å². The summed E-state index contributed by atoms with van der Waals surface area (Å²) in [5, 5.41) is 10.2. The van der Waals surface area contributed by atoms with E-state index in [1.165, 1.54) is 6.07 Å². The molecule has 3 aliphatic rings. The number of piperidine rings is 1. The molecule has 0 radical (unpaired) electrons. The quantitative estimate of drug-likeness (QED) is 0.500. The number of ether oxygens (including phenoxy) is 1. The van der Waals surface area contributed by atoms with Crippen LogP contribution in [0.1, 0.15) is 57.8 Å². The van der Waals surface area contributed by atoms with Crippen molar-refractivity contribution in [2.24, 2.45) is 11.0 Å². The van der Waals surface area contributed by atoms with Gasteiger partial charge in [0, 0.05) is 28.7 Å². The highest BCUT2D eigenvalue weighted by Gasteiger charge is 2.54. The minimum atomic E-state index is -0.508. The van der Waals surface area contributed by atoms with Crippen molar-refractivity contribution in [2.75, 3.05) is 6.54 Å². The van der Waals surface area contributed by atoms with Crippen molar-refractivity contribution < 1.29 is 18.6 Å². The fourth-order valence-electron chi connectivity index (χ4n) is 5.56. The van der Waals surface area contributed by atoms with E-state index < -0.39 is 5.60 Å². The van der Waals surface area contributed by atoms with Crippen LogP contribution < -0.4 is 10.6 Å². The van der Waals surface area contributed by atoms with Gasteiger partial charge < -0.3 is 9.64 Å². The number of benzene rings is 1. The normalized spacial score (nSPS) is 21.2. The van der Waals surface area contributed by atoms with Gasteiger partial charge in [-0.05, 0) is 78.5 Å². The zero-order valence-electron chi connectivity index (χ0n) is 22.0.